The number of amides is 1. The second-order valence-corrected chi connectivity index (χ2v) is 11.2. The number of carbonyl (C=O) groups excluding carboxylic acids is 1. The number of hydrogen-bond donors (Lipinski definition) is 5. The number of anilines is 1. The van der Waals surface area contributed by atoms with Crippen molar-refractivity contribution < 1.29 is 23.7 Å². The van der Waals surface area contributed by atoms with Crippen molar-refractivity contribution in [2.24, 2.45) is 11.7 Å². The highest BCUT2D eigenvalue weighted by molar-refractivity contribution is 8.08. The van der Waals surface area contributed by atoms with E-state index >= 15 is 0 Å². The van der Waals surface area contributed by atoms with Gasteiger partial charge in [0.05, 0.1) is 38.1 Å². The van der Waals surface area contributed by atoms with Crippen LogP contribution in [0.5, 0.6) is 0 Å². The fourth-order valence-corrected chi connectivity index (χ4v) is 4.54. The van der Waals surface area contributed by atoms with Gasteiger partial charge in [-0.05, 0) is 18.9 Å². The molecule has 0 aliphatic carbocycles. The van der Waals surface area contributed by atoms with Gasteiger partial charge in [-0.25, -0.2) is 10.1 Å². The first-order chi connectivity index (χ1) is 16.1. The maximum absolute atomic E-state index is 12.4. The number of aromatic amines is 1. The third-order valence-corrected chi connectivity index (χ3v) is 7.80. The quantitative estimate of drug-likeness (QED) is 0.205. The molecule has 1 unspecified atom stereocenters. The lowest BCUT2D eigenvalue weighted by molar-refractivity contribution is -0.118. The summed E-state index contributed by atoms with van der Waals surface area (Å²) in [7, 11) is 1.58. The maximum Gasteiger partial charge on any atom is 0.280 e. The molecule has 0 aromatic carbocycles. The Morgan fingerprint density at radius 2 is 2.26 bits per heavy atom. The summed E-state index contributed by atoms with van der Waals surface area (Å²) in [4.78, 5) is 35.2. The Bertz CT molecular complexity index is 1180. The van der Waals surface area contributed by atoms with E-state index in [1.165, 1.54) is 10.9 Å². The smallest absolute Gasteiger partial charge is 0.280 e. The highest BCUT2D eigenvalue weighted by Gasteiger charge is 2.44. The Hall–Kier alpha value is -2.28. The number of ether oxygens (including phenoxy) is 1. The minimum absolute atomic E-state index is 0.00296. The van der Waals surface area contributed by atoms with Gasteiger partial charge in [0.1, 0.15) is 12.2 Å². The first kappa shape index (κ1) is 26.3. The molecule has 0 radical (unpaired) electrons. The van der Waals surface area contributed by atoms with E-state index in [4.69, 9.17) is 36.6 Å². The number of nitrogens with zero attached hydrogens (tertiary/aromatic N) is 4. The summed E-state index contributed by atoms with van der Waals surface area (Å²) in [5.41, 5.74) is 5.69. The third kappa shape index (κ3) is 5.68. The summed E-state index contributed by atoms with van der Waals surface area (Å²) in [6.07, 6.45) is -1.53. The number of hydrogen-bond acceptors (Lipinski definition) is 11. The predicted octanol–water partition coefficient (Wildman–Crippen LogP) is -0.310. The lowest BCUT2D eigenvalue weighted by atomic mass is 10.1. The monoisotopic (exact) mass is 514 g/mol. The first-order valence-corrected chi connectivity index (χ1v) is 13.1. The number of aliphatic hydroxyl groups is 1. The predicted molar refractivity (Wildman–Crippen MR) is 125 cm³/mol. The Morgan fingerprint density at radius 1 is 1.53 bits per heavy atom. The van der Waals surface area contributed by atoms with Crippen molar-refractivity contribution in [1.29, 1.82) is 5.26 Å². The summed E-state index contributed by atoms with van der Waals surface area (Å²) in [5.74, 6) is -0.716. The van der Waals surface area contributed by atoms with Crippen LogP contribution < -0.4 is 21.7 Å². The van der Waals surface area contributed by atoms with Crippen LogP contribution in [-0.2, 0) is 30.4 Å². The van der Waals surface area contributed by atoms with Crippen LogP contribution in [0.2, 0.25) is 0 Å². The van der Waals surface area contributed by atoms with Gasteiger partial charge in [0, 0.05) is 5.92 Å². The van der Waals surface area contributed by atoms with Gasteiger partial charge in [0.15, 0.2) is 17.4 Å². The number of aliphatic hydroxyl groups excluding tert-OH is 1. The number of imidazole rings is 1. The van der Waals surface area contributed by atoms with Crippen molar-refractivity contribution >= 4 is 41.5 Å². The van der Waals surface area contributed by atoms with Crippen molar-refractivity contribution in [2.75, 3.05) is 25.6 Å². The molecule has 1 fully saturated rings. The van der Waals surface area contributed by atoms with E-state index in [0.717, 1.165) is 0 Å². The van der Waals surface area contributed by atoms with Crippen molar-refractivity contribution in [3.8, 4) is 6.07 Å². The molecule has 6 N–H and O–H groups in total. The number of aromatic nitrogens is 4. The molecule has 14 nitrogen and oxygen atoms in total. The lowest BCUT2D eigenvalue weighted by Crippen LogP contribution is -2.41. The molecule has 34 heavy (non-hydrogen) atoms. The van der Waals surface area contributed by atoms with E-state index in [2.05, 4.69) is 25.4 Å². The van der Waals surface area contributed by atoms with Crippen LogP contribution >= 0.6 is 6.64 Å². The topological polar surface area (TPSA) is 202 Å². The molecule has 2 aromatic rings. The Balaban J connectivity index is 1.80. The molecular formula is C18H27N8O6PS. The SMILES string of the molecule is CNP(=S)(OCCC#N)OC[C@H]1O[C@@H](n2cnc3c(=O)[nH]c(NC(=O)C(C)C)nc32)[C@H](O)[C@@H]1N. The lowest BCUT2D eigenvalue weighted by Gasteiger charge is -2.23. The van der Waals surface area contributed by atoms with Gasteiger partial charge >= 0.3 is 0 Å². The highest BCUT2D eigenvalue weighted by Crippen LogP contribution is 2.44. The van der Waals surface area contributed by atoms with Gasteiger partial charge < -0.3 is 24.6 Å². The van der Waals surface area contributed by atoms with E-state index in [1.54, 1.807) is 20.9 Å². The van der Waals surface area contributed by atoms with Crippen molar-refractivity contribution in [3.63, 3.8) is 0 Å². The zero-order chi connectivity index (χ0) is 25.0. The van der Waals surface area contributed by atoms with Crippen LogP contribution in [0, 0.1) is 17.2 Å². The van der Waals surface area contributed by atoms with Crippen LogP contribution in [-0.4, -0.2) is 69.0 Å². The third-order valence-electron chi connectivity index (χ3n) is 5.06. The molecule has 1 aliphatic rings. The molecule has 5 atom stereocenters. The Morgan fingerprint density at radius 3 is 2.91 bits per heavy atom. The molecule has 0 spiro atoms. The molecule has 1 aliphatic heterocycles. The number of nitrogens with one attached hydrogen (secondary N) is 3. The molecule has 186 valence electrons. The molecule has 2 aromatic heterocycles. The van der Waals surface area contributed by atoms with E-state index in [1.807, 2.05) is 6.07 Å². The van der Waals surface area contributed by atoms with Crippen LogP contribution in [0.25, 0.3) is 11.2 Å². The van der Waals surface area contributed by atoms with Gasteiger partial charge in [-0.1, -0.05) is 13.8 Å². The van der Waals surface area contributed by atoms with Gasteiger partial charge in [-0.15, -0.1) is 0 Å². The maximum atomic E-state index is 12.4. The number of nitrogens with two attached hydrogens (primary N) is 1. The Labute approximate surface area is 200 Å². The number of nitriles is 1. The fourth-order valence-electron chi connectivity index (χ4n) is 3.12. The van der Waals surface area contributed by atoms with Crippen LogP contribution in [0.15, 0.2) is 11.1 Å². The minimum Gasteiger partial charge on any atom is -0.387 e. The van der Waals surface area contributed by atoms with Crippen molar-refractivity contribution in [3.05, 3.63) is 16.7 Å². The van der Waals surface area contributed by atoms with Gasteiger partial charge in [0.2, 0.25) is 11.9 Å². The molecule has 0 saturated carbocycles. The normalized spacial score (nSPS) is 24.3. The summed E-state index contributed by atoms with van der Waals surface area (Å²) >= 11 is 5.36. The van der Waals surface area contributed by atoms with E-state index in [-0.39, 0.29) is 48.6 Å². The number of fused-ring (bicyclic) bond motifs is 1. The van der Waals surface area contributed by atoms with Gasteiger partial charge in [0.25, 0.3) is 12.2 Å². The highest BCUT2D eigenvalue weighted by atomic mass is 32.5. The molecular weight excluding hydrogens is 487 g/mol. The fraction of sp³-hybridized carbons (Fsp3) is 0.611. The van der Waals surface area contributed by atoms with Gasteiger partial charge in [-0.2, -0.15) is 10.2 Å². The number of carbonyl (C=O) groups is 1. The summed E-state index contributed by atoms with van der Waals surface area (Å²) in [6, 6.07) is 1.10. The zero-order valence-corrected chi connectivity index (χ0v) is 20.5. The molecule has 1 amide bonds. The van der Waals surface area contributed by atoms with Gasteiger partial charge in [-0.3, -0.25) is 24.5 Å². The zero-order valence-electron chi connectivity index (χ0n) is 18.8. The number of rotatable bonds is 10. The summed E-state index contributed by atoms with van der Waals surface area (Å²) in [6.45, 7) is 0.532. The summed E-state index contributed by atoms with van der Waals surface area (Å²) < 4.78 is 18.5. The van der Waals surface area contributed by atoms with E-state index in [0.29, 0.717) is 0 Å². The average molecular weight is 515 g/mol. The molecule has 3 heterocycles. The average Bonchev–Trinajstić information content (AvgIpc) is 3.34. The standard InChI is InChI=1S/C18H27N8O6PS/c1-9(2)15(28)24-18-23-14-12(16(29)25-18)22-8-26(14)17-13(27)11(20)10(32-17)7-31-33(34,21-3)30-6-4-5-19/h8-11,13,17,27H,4,6-7,20H2,1-3H3,(H,21,34)(H2,23,24,25,28,29)/t10-,11-,13-,17-,33?/m1/s1. The van der Waals surface area contributed by atoms with Crippen LogP contribution in [0.3, 0.4) is 0 Å². The second kappa shape index (κ2) is 11.0. The molecule has 16 heteroatoms. The van der Waals surface area contributed by atoms with Crippen molar-refractivity contribution in [1.82, 2.24) is 24.6 Å². The largest absolute Gasteiger partial charge is 0.387 e. The Kier molecular flexibility index (Phi) is 8.50. The van der Waals surface area contributed by atoms with Crippen LogP contribution in [0.4, 0.5) is 5.95 Å². The second-order valence-electron chi connectivity index (χ2n) is 7.77. The number of H-pyrrole nitrogens is 1. The summed E-state index contributed by atoms with van der Waals surface area (Å²) in [5, 5.41) is 24.7. The molecule has 0 bridgehead atoms. The van der Waals surface area contributed by atoms with Crippen LogP contribution in [0.1, 0.15) is 26.5 Å². The van der Waals surface area contributed by atoms with Crippen molar-refractivity contribution in [2.45, 2.75) is 44.7 Å². The van der Waals surface area contributed by atoms with E-state index in [9.17, 15) is 14.7 Å². The molecule has 3 rings (SSSR count). The van der Waals surface area contributed by atoms with E-state index < -0.39 is 36.7 Å². The minimum atomic E-state index is -2.88. The first-order valence-electron chi connectivity index (χ1n) is 10.4. The molecule has 1 saturated heterocycles.